The van der Waals surface area contributed by atoms with Crippen molar-refractivity contribution in [1.82, 2.24) is 0 Å². The highest BCUT2D eigenvalue weighted by atomic mass is 32.2. The molecule has 0 aliphatic carbocycles. The summed E-state index contributed by atoms with van der Waals surface area (Å²) < 4.78 is 56.3. The number of hydrogen-bond donors (Lipinski definition) is 6. The molecule has 0 spiro atoms. The smallest absolute Gasteiger partial charge is 0.336 e. The predicted molar refractivity (Wildman–Crippen MR) is 147 cm³/mol. The maximum absolute atomic E-state index is 12.9. The lowest BCUT2D eigenvalue weighted by atomic mass is 10.1. The molecule has 0 atom stereocenters. The van der Waals surface area contributed by atoms with Crippen LogP contribution in [0.5, 0.6) is 0 Å². The Morgan fingerprint density at radius 1 is 0.579 bits per heavy atom. The van der Waals surface area contributed by atoms with Crippen LogP contribution in [0.1, 0.15) is 20.7 Å². The highest BCUT2D eigenvalue weighted by Gasteiger charge is 2.19. The molecule has 0 aliphatic rings. The molecule has 0 fully saturated rings. The van der Waals surface area contributed by atoms with Crippen molar-refractivity contribution in [2.75, 3.05) is 9.44 Å². The summed E-state index contributed by atoms with van der Waals surface area (Å²) in [6.07, 6.45) is 0. The lowest BCUT2D eigenvalue weighted by Crippen LogP contribution is -2.14. The molecule has 0 radical (unpaired) electrons. The Morgan fingerprint density at radius 3 is 1.29 bits per heavy atom. The van der Waals surface area contributed by atoms with E-state index in [1.165, 1.54) is 60.7 Å². The highest BCUT2D eigenvalue weighted by molar-refractivity contribution is 7.93. The van der Waals surface area contributed by atoms with Gasteiger partial charge in [0.15, 0.2) is 0 Å². The topological polar surface area (TPSA) is 167 Å². The number of fused-ring (bicyclic) bond motifs is 1. The molecular weight excluding hydrogens is 573 g/mol. The zero-order chi connectivity index (χ0) is 27.8. The zero-order valence-corrected chi connectivity index (χ0v) is 22.4. The first-order chi connectivity index (χ1) is 17.8. The molecule has 0 bridgehead atoms. The van der Waals surface area contributed by atoms with Crippen LogP contribution < -0.4 is 9.44 Å². The second-order valence-electron chi connectivity index (χ2n) is 7.96. The number of carbonyl (C=O) groups is 2. The monoisotopic (exact) mass is 590 g/mol. The van der Waals surface area contributed by atoms with Gasteiger partial charge in [0.05, 0.1) is 20.9 Å². The number of rotatable bonds is 8. The third kappa shape index (κ3) is 5.72. The molecule has 0 unspecified atom stereocenters. The normalized spacial score (nSPS) is 11.7. The first kappa shape index (κ1) is 27.3. The van der Waals surface area contributed by atoms with Crippen LogP contribution >= 0.6 is 25.3 Å². The standard InChI is InChI=1S/C24H18N2O8S4/c27-23(28)19-11-15(3-7-21(19)35)25-37(31,32)17-5-1-13-9-18(6-2-14(13)10-17)38(33,34)26-16-4-8-22(36)20(12-16)24(29)30/h1-12,25-26,35-36H,(H,27,28)(H,29,30). The van der Waals surface area contributed by atoms with Gasteiger partial charge in [-0.05, 0) is 71.4 Å². The third-order valence-electron chi connectivity index (χ3n) is 5.36. The molecule has 38 heavy (non-hydrogen) atoms. The number of anilines is 2. The van der Waals surface area contributed by atoms with Gasteiger partial charge in [-0.15, -0.1) is 25.3 Å². The van der Waals surface area contributed by atoms with Crippen molar-refractivity contribution in [1.29, 1.82) is 0 Å². The second kappa shape index (κ2) is 10.2. The van der Waals surface area contributed by atoms with Gasteiger partial charge in [-0.25, -0.2) is 26.4 Å². The minimum absolute atomic E-state index is 0.0322. The Morgan fingerprint density at radius 2 is 0.947 bits per heavy atom. The van der Waals surface area contributed by atoms with Crippen molar-refractivity contribution in [3.63, 3.8) is 0 Å². The summed E-state index contributed by atoms with van der Waals surface area (Å²) in [5.74, 6) is -2.52. The molecule has 0 amide bonds. The summed E-state index contributed by atoms with van der Waals surface area (Å²) in [7, 11) is -8.21. The molecule has 10 nitrogen and oxygen atoms in total. The number of benzene rings is 4. The molecule has 0 aliphatic heterocycles. The van der Waals surface area contributed by atoms with Gasteiger partial charge in [0, 0.05) is 21.2 Å². The second-order valence-corrected chi connectivity index (χ2v) is 12.3. The van der Waals surface area contributed by atoms with Crippen LogP contribution in [0.3, 0.4) is 0 Å². The Labute approximate surface area is 228 Å². The molecule has 0 aromatic heterocycles. The fourth-order valence-electron chi connectivity index (χ4n) is 3.51. The predicted octanol–water partition coefficient (Wildman–Crippen LogP) is 4.42. The summed E-state index contributed by atoms with van der Waals surface area (Å²) in [5.41, 5.74) is -0.278. The van der Waals surface area contributed by atoms with Crippen molar-refractivity contribution >= 4 is 79.4 Å². The number of carboxylic acid groups (broad SMARTS) is 2. The number of hydrogen-bond acceptors (Lipinski definition) is 8. The Kier molecular flexibility index (Phi) is 7.34. The average molecular weight is 591 g/mol. The van der Waals surface area contributed by atoms with E-state index in [1.54, 1.807) is 0 Å². The summed E-state index contributed by atoms with van der Waals surface area (Å²) >= 11 is 8.09. The minimum atomic E-state index is -4.11. The van der Waals surface area contributed by atoms with Gasteiger partial charge in [-0.3, -0.25) is 9.44 Å². The van der Waals surface area contributed by atoms with Crippen molar-refractivity contribution in [3.05, 3.63) is 83.9 Å². The summed E-state index contributed by atoms with van der Waals surface area (Å²) in [4.78, 5) is 22.7. The molecule has 196 valence electrons. The Hall–Kier alpha value is -3.72. The fraction of sp³-hybridized carbons (Fsp3) is 0. The molecule has 4 aromatic rings. The molecule has 4 rings (SSSR count). The number of aromatic carboxylic acids is 2. The largest absolute Gasteiger partial charge is 0.478 e. The highest BCUT2D eigenvalue weighted by Crippen LogP contribution is 2.27. The minimum Gasteiger partial charge on any atom is -0.478 e. The van der Waals surface area contributed by atoms with Gasteiger partial charge in [-0.2, -0.15) is 0 Å². The fourth-order valence-corrected chi connectivity index (χ4v) is 6.14. The van der Waals surface area contributed by atoms with Crippen LogP contribution in [-0.2, 0) is 20.0 Å². The van der Waals surface area contributed by atoms with Crippen molar-refractivity contribution in [3.8, 4) is 0 Å². The summed E-state index contributed by atoms with van der Waals surface area (Å²) in [5, 5.41) is 19.3. The summed E-state index contributed by atoms with van der Waals surface area (Å²) in [6.45, 7) is 0. The van der Waals surface area contributed by atoms with E-state index >= 15 is 0 Å². The van der Waals surface area contributed by atoms with Crippen LogP contribution in [0.4, 0.5) is 11.4 Å². The average Bonchev–Trinajstić information content (AvgIpc) is 2.85. The molecule has 14 heteroatoms. The van der Waals surface area contributed by atoms with E-state index < -0.39 is 32.0 Å². The zero-order valence-electron chi connectivity index (χ0n) is 19.0. The van der Waals surface area contributed by atoms with Crippen molar-refractivity contribution < 1.29 is 36.6 Å². The van der Waals surface area contributed by atoms with Crippen LogP contribution in [0.25, 0.3) is 10.8 Å². The Bertz CT molecular complexity index is 1700. The van der Waals surface area contributed by atoms with E-state index in [4.69, 9.17) is 0 Å². The maximum atomic E-state index is 12.9. The molecule has 4 N–H and O–H groups in total. The number of thiol groups is 2. The molecule has 0 saturated heterocycles. The quantitative estimate of drug-likeness (QED) is 0.164. The number of nitrogens with one attached hydrogen (secondary N) is 2. The van der Waals surface area contributed by atoms with Gasteiger partial charge in [-0.1, -0.05) is 12.1 Å². The summed E-state index contributed by atoms with van der Waals surface area (Å²) in [6, 6.07) is 15.9. The molecule has 0 saturated carbocycles. The molecule has 0 heterocycles. The third-order valence-corrected chi connectivity index (χ3v) is 8.90. The van der Waals surface area contributed by atoms with E-state index in [2.05, 4.69) is 34.7 Å². The number of carboxylic acids is 2. The van der Waals surface area contributed by atoms with Crippen LogP contribution in [0, 0.1) is 0 Å². The van der Waals surface area contributed by atoms with Gasteiger partial charge in [0.25, 0.3) is 20.0 Å². The van der Waals surface area contributed by atoms with E-state index in [0.29, 0.717) is 10.8 Å². The van der Waals surface area contributed by atoms with Gasteiger partial charge in [0.2, 0.25) is 0 Å². The van der Waals surface area contributed by atoms with E-state index in [1.807, 2.05) is 0 Å². The number of sulfonamides is 2. The van der Waals surface area contributed by atoms with Gasteiger partial charge < -0.3 is 10.2 Å². The maximum Gasteiger partial charge on any atom is 0.336 e. The van der Waals surface area contributed by atoms with Gasteiger partial charge in [0.1, 0.15) is 0 Å². The lowest BCUT2D eigenvalue weighted by Gasteiger charge is -2.12. The van der Waals surface area contributed by atoms with Crippen LogP contribution in [-0.4, -0.2) is 39.0 Å². The van der Waals surface area contributed by atoms with Crippen molar-refractivity contribution in [2.24, 2.45) is 0 Å². The van der Waals surface area contributed by atoms with E-state index in [0.717, 1.165) is 12.1 Å². The van der Waals surface area contributed by atoms with E-state index in [9.17, 15) is 36.6 Å². The molecular formula is C24H18N2O8S4. The van der Waals surface area contributed by atoms with Crippen LogP contribution in [0.2, 0.25) is 0 Å². The van der Waals surface area contributed by atoms with Crippen molar-refractivity contribution in [2.45, 2.75) is 19.6 Å². The SMILES string of the molecule is O=C(O)c1cc(NS(=O)(=O)c2ccc3cc(S(=O)(=O)Nc4ccc(S)c(C(=O)O)c4)ccc3c2)ccc1S. The Balaban J connectivity index is 1.62. The molecule has 4 aromatic carbocycles. The van der Waals surface area contributed by atoms with Crippen LogP contribution in [0.15, 0.2) is 92.4 Å². The first-order valence-corrected chi connectivity index (χ1v) is 14.3. The first-order valence-electron chi connectivity index (χ1n) is 10.5. The lowest BCUT2D eigenvalue weighted by molar-refractivity contribution is 0.0682. The van der Waals surface area contributed by atoms with E-state index in [-0.39, 0.29) is 42.1 Å². The van der Waals surface area contributed by atoms with Gasteiger partial charge >= 0.3 is 11.9 Å².